The van der Waals surface area contributed by atoms with Crippen LogP contribution in [0.25, 0.3) is 0 Å². The topological polar surface area (TPSA) is 55.6 Å². The fourth-order valence-electron chi connectivity index (χ4n) is 2.29. The normalized spacial score (nSPS) is 25.7. The highest BCUT2D eigenvalue weighted by Crippen LogP contribution is 2.27. The number of ether oxygens (including phenoxy) is 1. The summed E-state index contributed by atoms with van der Waals surface area (Å²) >= 11 is 1.65. The SMILES string of the molecule is CC1CN(C(=O)C(C)C(C)N)CC(c2ccsc2)O1.Cl. The molecule has 0 spiro atoms. The number of halogens is 1. The fourth-order valence-corrected chi connectivity index (χ4v) is 2.99. The highest BCUT2D eigenvalue weighted by atomic mass is 35.5. The van der Waals surface area contributed by atoms with Crippen LogP contribution in [0, 0.1) is 5.92 Å². The lowest BCUT2D eigenvalue weighted by Gasteiger charge is -2.38. The van der Waals surface area contributed by atoms with Crippen LogP contribution in [-0.4, -0.2) is 36.0 Å². The maximum Gasteiger partial charge on any atom is 0.227 e. The van der Waals surface area contributed by atoms with Gasteiger partial charge in [-0.3, -0.25) is 4.79 Å². The largest absolute Gasteiger partial charge is 0.367 e. The molecule has 114 valence electrons. The van der Waals surface area contributed by atoms with E-state index in [4.69, 9.17) is 10.5 Å². The maximum atomic E-state index is 12.4. The van der Waals surface area contributed by atoms with Crippen LogP contribution in [-0.2, 0) is 9.53 Å². The quantitative estimate of drug-likeness (QED) is 0.931. The molecule has 1 aromatic rings. The van der Waals surface area contributed by atoms with E-state index in [2.05, 4.69) is 11.4 Å². The molecule has 2 N–H and O–H groups in total. The highest BCUT2D eigenvalue weighted by molar-refractivity contribution is 7.07. The molecule has 4 nitrogen and oxygen atoms in total. The van der Waals surface area contributed by atoms with E-state index in [-0.39, 0.29) is 42.5 Å². The zero-order valence-electron chi connectivity index (χ0n) is 12.1. The van der Waals surface area contributed by atoms with E-state index in [1.165, 1.54) is 0 Å². The van der Waals surface area contributed by atoms with Crippen molar-refractivity contribution in [2.45, 2.75) is 39.0 Å². The second-order valence-electron chi connectivity index (χ2n) is 5.38. The first kappa shape index (κ1) is 17.4. The lowest BCUT2D eigenvalue weighted by molar-refractivity contribution is -0.149. The number of rotatable bonds is 3. The number of amides is 1. The molecule has 0 aliphatic carbocycles. The Bertz CT molecular complexity index is 425. The predicted molar refractivity (Wildman–Crippen MR) is 84.2 cm³/mol. The Kier molecular flexibility index (Phi) is 6.45. The average molecular weight is 319 g/mol. The molecule has 0 radical (unpaired) electrons. The first-order valence-corrected chi connectivity index (χ1v) is 7.65. The number of thiophene rings is 1. The van der Waals surface area contributed by atoms with Gasteiger partial charge >= 0.3 is 0 Å². The van der Waals surface area contributed by atoms with Gasteiger partial charge in [0.15, 0.2) is 0 Å². The summed E-state index contributed by atoms with van der Waals surface area (Å²) in [6.07, 6.45) is 0.0436. The van der Waals surface area contributed by atoms with E-state index in [1.807, 2.05) is 31.1 Å². The summed E-state index contributed by atoms with van der Waals surface area (Å²) in [7, 11) is 0. The van der Waals surface area contributed by atoms with Crippen molar-refractivity contribution in [3.63, 3.8) is 0 Å². The summed E-state index contributed by atoms with van der Waals surface area (Å²) in [4.78, 5) is 14.3. The van der Waals surface area contributed by atoms with Gasteiger partial charge in [0.2, 0.25) is 5.91 Å². The molecule has 0 bridgehead atoms. The number of carbonyl (C=O) groups excluding carboxylic acids is 1. The van der Waals surface area contributed by atoms with Crippen molar-refractivity contribution >= 4 is 29.7 Å². The Morgan fingerprint density at radius 3 is 2.75 bits per heavy atom. The Morgan fingerprint density at radius 2 is 2.20 bits per heavy atom. The van der Waals surface area contributed by atoms with Crippen molar-refractivity contribution in [3.8, 4) is 0 Å². The third kappa shape index (κ3) is 3.95. The van der Waals surface area contributed by atoms with Gasteiger partial charge in [-0.15, -0.1) is 12.4 Å². The predicted octanol–water partition coefficient (Wildman–Crippen LogP) is 2.44. The molecule has 1 fully saturated rings. The van der Waals surface area contributed by atoms with Crippen molar-refractivity contribution in [3.05, 3.63) is 22.4 Å². The molecular weight excluding hydrogens is 296 g/mol. The van der Waals surface area contributed by atoms with Crippen molar-refractivity contribution in [1.29, 1.82) is 0 Å². The standard InChI is InChI=1S/C14H22N2O2S.ClH/c1-9-6-16(14(17)10(2)11(3)15)7-13(18-9)12-4-5-19-8-12;/h4-5,8-11,13H,6-7,15H2,1-3H3;1H. The average Bonchev–Trinajstić information content (AvgIpc) is 2.90. The molecule has 2 rings (SSSR count). The molecule has 2 heterocycles. The second-order valence-corrected chi connectivity index (χ2v) is 6.16. The Hall–Kier alpha value is -0.620. The van der Waals surface area contributed by atoms with Crippen LogP contribution in [0.2, 0.25) is 0 Å². The first-order chi connectivity index (χ1) is 8.99. The summed E-state index contributed by atoms with van der Waals surface area (Å²) in [6.45, 7) is 7.05. The zero-order chi connectivity index (χ0) is 14.0. The number of nitrogens with two attached hydrogens (primary N) is 1. The van der Waals surface area contributed by atoms with Gasteiger partial charge in [0, 0.05) is 12.6 Å². The molecule has 1 amide bonds. The van der Waals surface area contributed by atoms with E-state index in [1.54, 1.807) is 11.3 Å². The highest BCUT2D eigenvalue weighted by Gasteiger charge is 2.32. The van der Waals surface area contributed by atoms with Gasteiger partial charge in [-0.25, -0.2) is 0 Å². The molecular formula is C14H23ClN2O2S. The summed E-state index contributed by atoms with van der Waals surface area (Å²) in [5.41, 5.74) is 6.99. The van der Waals surface area contributed by atoms with Gasteiger partial charge in [-0.1, -0.05) is 6.92 Å². The molecule has 1 aromatic heterocycles. The lowest BCUT2D eigenvalue weighted by Crippen LogP contribution is -2.50. The van der Waals surface area contributed by atoms with Crippen LogP contribution in [0.15, 0.2) is 16.8 Å². The van der Waals surface area contributed by atoms with Gasteiger partial charge in [0.1, 0.15) is 6.10 Å². The van der Waals surface area contributed by atoms with Gasteiger partial charge in [0.05, 0.1) is 18.6 Å². The van der Waals surface area contributed by atoms with Gasteiger partial charge in [-0.05, 0) is 36.2 Å². The smallest absolute Gasteiger partial charge is 0.227 e. The molecule has 6 heteroatoms. The van der Waals surface area contributed by atoms with Crippen LogP contribution >= 0.6 is 23.7 Å². The van der Waals surface area contributed by atoms with E-state index < -0.39 is 0 Å². The second kappa shape index (κ2) is 7.41. The maximum absolute atomic E-state index is 12.4. The summed E-state index contributed by atoms with van der Waals surface area (Å²) < 4.78 is 5.93. The Labute approximate surface area is 130 Å². The molecule has 1 aliphatic heterocycles. The van der Waals surface area contributed by atoms with Gasteiger partial charge < -0.3 is 15.4 Å². The van der Waals surface area contributed by atoms with E-state index in [9.17, 15) is 4.79 Å². The van der Waals surface area contributed by atoms with Crippen LogP contribution in [0.3, 0.4) is 0 Å². The molecule has 4 unspecified atom stereocenters. The minimum absolute atomic E-state index is 0. The minimum Gasteiger partial charge on any atom is -0.367 e. The molecule has 1 aliphatic rings. The first-order valence-electron chi connectivity index (χ1n) is 6.71. The molecule has 1 saturated heterocycles. The van der Waals surface area contributed by atoms with Crippen molar-refractivity contribution < 1.29 is 9.53 Å². The summed E-state index contributed by atoms with van der Waals surface area (Å²) in [6, 6.07) is 1.94. The Morgan fingerprint density at radius 1 is 1.50 bits per heavy atom. The van der Waals surface area contributed by atoms with Gasteiger partial charge in [0.25, 0.3) is 0 Å². The van der Waals surface area contributed by atoms with Crippen LogP contribution < -0.4 is 5.73 Å². The van der Waals surface area contributed by atoms with Crippen molar-refractivity contribution in [2.24, 2.45) is 11.7 Å². The van der Waals surface area contributed by atoms with Gasteiger partial charge in [-0.2, -0.15) is 11.3 Å². The van der Waals surface area contributed by atoms with E-state index in [0.29, 0.717) is 13.1 Å². The third-order valence-electron chi connectivity index (χ3n) is 3.67. The van der Waals surface area contributed by atoms with Crippen LogP contribution in [0.1, 0.15) is 32.4 Å². The van der Waals surface area contributed by atoms with Crippen LogP contribution in [0.5, 0.6) is 0 Å². The van der Waals surface area contributed by atoms with E-state index in [0.717, 1.165) is 5.56 Å². The third-order valence-corrected chi connectivity index (χ3v) is 4.37. The molecule has 0 aromatic carbocycles. The number of morpholine rings is 1. The van der Waals surface area contributed by atoms with Crippen molar-refractivity contribution in [2.75, 3.05) is 13.1 Å². The van der Waals surface area contributed by atoms with Crippen LogP contribution in [0.4, 0.5) is 0 Å². The number of hydrogen-bond acceptors (Lipinski definition) is 4. The fraction of sp³-hybridized carbons (Fsp3) is 0.643. The Balaban J connectivity index is 0.00000200. The zero-order valence-corrected chi connectivity index (χ0v) is 13.7. The number of hydrogen-bond donors (Lipinski definition) is 1. The number of nitrogens with zero attached hydrogens (tertiary/aromatic N) is 1. The lowest BCUT2D eigenvalue weighted by atomic mass is 10.0. The molecule has 0 saturated carbocycles. The van der Waals surface area contributed by atoms with Crippen molar-refractivity contribution in [1.82, 2.24) is 4.90 Å². The summed E-state index contributed by atoms with van der Waals surface area (Å²) in [5, 5.41) is 4.12. The van der Waals surface area contributed by atoms with E-state index >= 15 is 0 Å². The summed E-state index contributed by atoms with van der Waals surface area (Å²) in [5.74, 6) is -0.0150. The minimum atomic E-state index is -0.145. The molecule has 4 atom stereocenters. The monoisotopic (exact) mass is 318 g/mol. The molecule has 20 heavy (non-hydrogen) atoms. The number of carbonyl (C=O) groups is 1.